The number of nitro benzene ring substituents is 1. The van der Waals surface area contributed by atoms with E-state index >= 15 is 0 Å². The Balaban J connectivity index is 2.53. The Morgan fingerprint density at radius 1 is 1.36 bits per heavy atom. The zero-order valence-electron chi connectivity index (χ0n) is 16.1. The Labute approximate surface area is 162 Å². The van der Waals surface area contributed by atoms with Crippen molar-refractivity contribution in [2.75, 3.05) is 0 Å². The second kappa shape index (κ2) is 8.95. The van der Waals surface area contributed by atoms with Crippen LogP contribution in [0.25, 0.3) is 0 Å². The molecule has 0 bridgehead atoms. The molecule has 0 spiro atoms. The molecular weight excluding hydrogens is 360 g/mol. The molecule has 2 rings (SSSR count). The van der Waals surface area contributed by atoms with E-state index in [4.69, 9.17) is 0 Å². The van der Waals surface area contributed by atoms with E-state index in [-0.39, 0.29) is 22.7 Å². The van der Waals surface area contributed by atoms with Gasteiger partial charge in [0.05, 0.1) is 16.2 Å². The smallest absolute Gasteiger partial charge is 0.274 e. The summed E-state index contributed by atoms with van der Waals surface area (Å²) in [4.78, 5) is 27.3. The van der Waals surface area contributed by atoms with Crippen LogP contribution in [0.1, 0.15) is 48.4 Å². The first-order valence-corrected chi connectivity index (χ1v) is 8.97. The van der Waals surface area contributed by atoms with Gasteiger partial charge >= 0.3 is 0 Å². The van der Waals surface area contributed by atoms with Gasteiger partial charge in [0, 0.05) is 24.4 Å². The number of hydrogen-bond acceptors (Lipinski definition) is 6. The molecule has 1 heterocycles. The van der Waals surface area contributed by atoms with E-state index in [2.05, 4.69) is 4.99 Å². The summed E-state index contributed by atoms with van der Waals surface area (Å²) in [5.41, 5.74) is 0.774. The maximum Gasteiger partial charge on any atom is 0.274 e. The number of nitrogens with zero attached hydrogens (tertiary/aromatic N) is 4. The molecule has 0 aliphatic carbocycles. The molecule has 8 heteroatoms. The van der Waals surface area contributed by atoms with Crippen molar-refractivity contribution < 1.29 is 10.0 Å². The summed E-state index contributed by atoms with van der Waals surface area (Å²) in [6, 6.07) is 6.44. The Hall–Kier alpha value is -3.47. The lowest BCUT2D eigenvalue weighted by Crippen LogP contribution is -2.25. The number of pyridine rings is 1. The predicted molar refractivity (Wildman–Crippen MR) is 106 cm³/mol. The van der Waals surface area contributed by atoms with Crippen LogP contribution >= 0.6 is 0 Å². The number of unbranched alkanes of at least 4 members (excludes halogenated alkanes) is 2. The largest absolute Gasteiger partial charge is 0.494 e. The first-order valence-electron chi connectivity index (χ1n) is 8.97. The van der Waals surface area contributed by atoms with Gasteiger partial charge < -0.3 is 5.11 Å². The Morgan fingerprint density at radius 2 is 2.07 bits per heavy atom. The molecule has 0 aliphatic heterocycles. The average molecular weight is 382 g/mol. The molecule has 0 amide bonds. The number of nitriles is 1. The van der Waals surface area contributed by atoms with Gasteiger partial charge in [0.25, 0.3) is 11.2 Å². The summed E-state index contributed by atoms with van der Waals surface area (Å²) in [7, 11) is 0. The Kier molecular flexibility index (Phi) is 6.66. The number of hydrogen-bond donors (Lipinski definition) is 1. The lowest BCUT2D eigenvalue weighted by atomic mass is 10.1. The van der Waals surface area contributed by atoms with Gasteiger partial charge in [-0.15, -0.1) is 0 Å². The normalized spacial score (nSPS) is 10.9. The van der Waals surface area contributed by atoms with E-state index in [0.29, 0.717) is 29.8 Å². The molecule has 1 aromatic heterocycles. The van der Waals surface area contributed by atoms with Gasteiger partial charge in [-0.1, -0.05) is 25.8 Å². The number of nitro groups is 1. The molecule has 0 atom stereocenters. The van der Waals surface area contributed by atoms with E-state index < -0.39 is 10.5 Å². The first kappa shape index (κ1) is 20.8. The summed E-state index contributed by atoms with van der Waals surface area (Å²) in [5.74, 6) is -0.261. The van der Waals surface area contributed by atoms with Crippen molar-refractivity contribution in [3.8, 4) is 11.9 Å². The van der Waals surface area contributed by atoms with Crippen LogP contribution in [0.15, 0.2) is 28.0 Å². The molecule has 8 nitrogen and oxygen atoms in total. The minimum atomic E-state index is -0.531. The quantitative estimate of drug-likeness (QED) is 0.337. The molecule has 1 N–H and O–H groups in total. The molecular formula is C20H22N4O4. The van der Waals surface area contributed by atoms with Crippen LogP contribution in [0, 0.1) is 35.3 Å². The number of aromatic nitrogens is 1. The standard InChI is InChI=1S/C20H22N4O4/c1-4-5-6-9-23-19(25)16(11-21)14(3)17(20(23)26)12-22-15-8-7-13(2)18(10-15)24(27)28/h7-8,10,12,26H,4-6,9H2,1-3H3. The van der Waals surface area contributed by atoms with Gasteiger partial charge in [0.15, 0.2) is 0 Å². The van der Waals surface area contributed by atoms with E-state index in [1.54, 1.807) is 26.0 Å². The second-order valence-corrected chi connectivity index (χ2v) is 6.50. The lowest BCUT2D eigenvalue weighted by Gasteiger charge is -2.13. The van der Waals surface area contributed by atoms with Crippen LogP contribution in [-0.4, -0.2) is 20.8 Å². The molecule has 0 aliphatic rings. The molecule has 0 fully saturated rings. The molecule has 146 valence electrons. The van der Waals surface area contributed by atoms with Crippen molar-refractivity contribution in [3.63, 3.8) is 0 Å². The fourth-order valence-corrected chi connectivity index (χ4v) is 2.87. The number of aromatic hydroxyl groups is 1. The zero-order chi connectivity index (χ0) is 20.8. The summed E-state index contributed by atoms with van der Waals surface area (Å²) >= 11 is 0. The number of aliphatic imine (C=N–C) groups is 1. The third kappa shape index (κ3) is 4.26. The van der Waals surface area contributed by atoms with Crippen LogP contribution in [0.2, 0.25) is 0 Å². The predicted octanol–water partition coefficient (Wildman–Crippen LogP) is 3.89. The van der Waals surface area contributed by atoms with Crippen molar-refractivity contribution in [2.24, 2.45) is 4.99 Å². The first-order chi connectivity index (χ1) is 13.3. The monoisotopic (exact) mass is 382 g/mol. The minimum Gasteiger partial charge on any atom is -0.494 e. The molecule has 2 aromatic rings. The van der Waals surface area contributed by atoms with Gasteiger partial charge in [0.2, 0.25) is 5.88 Å². The highest BCUT2D eigenvalue weighted by Crippen LogP contribution is 2.26. The molecule has 0 saturated heterocycles. The van der Waals surface area contributed by atoms with Gasteiger partial charge in [-0.05, 0) is 31.9 Å². The van der Waals surface area contributed by atoms with Crippen molar-refractivity contribution in [3.05, 3.63) is 60.9 Å². The van der Waals surface area contributed by atoms with E-state index in [0.717, 1.165) is 12.8 Å². The van der Waals surface area contributed by atoms with E-state index in [9.17, 15) is 25.3 Å². The zero-order valence-corrected chi connectivity index (χ0v) is 16.1. The maximum atomic E-state index is 12.5. The lowest BCUT2D eigenvalue weighted by molar-refractivity contribution is -0.385. The van der Waals surface area contributed by atoms with Crippen LogP contribution in [0.3, 0.4) is 0 Å². The summed E-state index contributed by atoms with van der Waals surface area (Å²) < 4.78 is 1.18. The van der Waals surface area contributed by atoms with Crippen LogP contribution < -0.4 is 5.56 Å². The Bertz CT molecular complexity index is 1030. The summed E-state index contributed by atoms with van der Waals surface area (Å²) in [6.45, 7) is 5.52. The van der Waals surface area contributed by atoms with Gasteiger partial charge in [-0.2, -0.15) is 5.26 Å². The summed E-state index contributed by atoms with van der Waals surface area (Å²) in [5, 5.41) is 31.0. The highest BCUT2D eigenvalue weighted by atomic mass is 16.6. The van der Waals surface area contributed by atoms with E-state index in [1.807, 2.05) is 13.0 Å². The fraction of sp³-hybridized carbons (Fsp3) is 0.350. The Morgan fingerprint density at radius 3 is 2.68 bits per heavy atom. The van der Waals surface area contributed by atoms with Gasteiger partial charge in [-0.3, -0.25) is 24.5 Å². The third-order valence-electron chi connectivity index (χ3n) is 4.56. The van der Waals surface area contributed by atoms with Crippen LogP contribution in [-0.2, 0) is 6.54 Å². The number of rotatable bonds is 7. The van der Waals surface area contributed by atoms with Crippen molar-refractivity contribution in [1.82, 2.24) is 4.57 Å². The highest BCUT2D eigenvalue weighted by molar-refractivity contribution is 5.87. The highest BCUT2D eigenvalue weighted by Gasteiger charge is 2.18. The number of benzene rings is 1. The van der Waals surface area contributed by atoms with Crippen molar-refractivity contribution >= 4 is 17.6 Å². The average Bonchev–Trinajstić information content (AvgIpc) is 2.65. The molecule has 0 saturated carbocycles. The molecule has 28 heavy (non-hydrogen) atoms. The third-order valence-corrected chi connectivity index (χ3v) is 4.56. The van der Waals surface area contributed by atoms with Crippen LogP contribution in [0.5, 0.6) is 5.88 Å². The summed E-state index contributed by atoms with van der Waals surface area (Å²) in [6.07, 6.45) is 3.86. The molecule has 1 aromatic carbocycles. The van der Waals surface area contributed by atoms with E-state index in [1.165, 1.54) is 16.8 Å². The topological polar surface area (TPSA) is 122 Å². The number of aryl methyl sites for hydroxylation is 1. The molecule has 0 radical (unpaired) electrons. The fourth-order valence-electron chi connectivity index (χ4n) is 2.87. The second-order valence-electron chi connectivity index (χ2n) is 6.50. The van der Waals surface area contributed by atoms with Gasteiger partial charge in [-0.25, -0.2) is 0 Å². The van der Waals surface area contributed by atoms with Crippen molar-refractivity contribution in [2.45, 2.75) is 46.6 Å². The maximum absolute atomic E-state index is 12.5. The minimum absolute atomic E-state index is 0.0503. The molecule has 0 unspecified atom stereocenters. The van der Waals surface area contributed by atoms with Crippen molar-refractivity contribution in [1.29, 1.82) is 5.26 Å². The van der Waals surface area contributed by atoms with Crippen LogP contribution in [0.4, 0.5) is 11.4 Å². The van der Waals surface area contributed by atoms with Gasteiger partial charge in [0.1, 0.15) is 11.6 Å². The SMILES string of the molecule is CCCCCn1c(O)c(C=Nc2ccc(C)c([N+](=O)[O-])c2)c(C)c(C#N)c1=O.